The van der Waals surface area contributed by atoms with Gasteiger partial charge in [0, 0.05) is 38.1 Å². The second-order valence-corrected chi connectivity index (χ2v) is 7.33. The van der Waals surface area contributed by atoms with Gasteiger partial charge in [-0.1, -0.05) is 6.92 Å². The minimum atomic E-state index is -0.823. The Labute approximate surface area is 149 Å². The van der Waals surface area contributed by atoms with E-state index in [0.29, 0.717) is 19.6 Å². The van der Waals surface area contributed by atoms with Gasteiger partial charge in [0.1, 0.15) is 0 Å². The molecule has 1 atom stereocenters. The summed E-state index contributed by atoms with van der Waals surface area (Å²) in [5.74, 6) is -1.09. The van der Waals surface area contributed by atoms with Crippen LogP contribution in [0.3, 0.4) is 0 Å². The third-order valence-corrected chi connectivity index (χ3v) is 5.12. The van der Waals surface area contributed by atoms with Crippen LogP contribution in [0, 0.1) is 5.92 Å². The molecular formula is C17H30N4O4. The number of carboxylic acids is 1. The maximum atomic E-state index is 12.4. The topological polar surface area (TPSA) is 93.2 Å². The zero-order valence-electron chi connectivity index (χ0n) is 15.4. The van der Waals surface area contributed by atoms with Crippen molar-refractivity contribution >= 4 is 17.8 Å². The Morgan fingerprint density at radius 1 is 1.32 bits per heavy atom. The van der Waals surface area contributed by atoms with Crippen molar-refractivity contribution in [2.45, 2.75) is 38.3 Å². The molecule has 2 aliphatic rings. The molecule has 0 aromatic rings. The monoisotopic (exact) mass is 354 g/mol. The number of hydrogen-bond donors (Lipinski definition) is 2. The molecule has 0 aromatic heterocycles. The van der Waals surface area contributed by atoms with Crippen LogP contribution in [0.15, 0.2) is 0 Å². The number of aliphatic carboxylic acids is 1. The van der Waals surface area contributed by atoms with Gasteiger partial charge in [-0.2, -0.15) is 0 Å². The molecule has 0 spiro atoms. The van der Waals surface area contributed by atoms with Crippen LogP contribution in [-0.2, 0) is 14.4 Å². The van der Waals surface area contributed by atoms with Gasteiger partial charge >= 0.3 is 5.97 Å². The lowest BCUT2D eigenvalue weighted by molar-refractivity contribution is -0.140. The van der Waals surface area contributed by atoms with Crippen molar-refractivity contribution in [1.82, 2.24) is 20.0 Å². The largest absolute Gasteiger partial charge is 0.480 e. The van der Waals surface area contributed by atoms with Crippen LogP contribution in [0.5, 0.6) is 0 Å². The first-order valence-electron chi connectivity index (χ1n) is 8.98. The number of rotatable bonds is 9. The van der Waals surface area contributed by atoms with Crippen molar-refractivity contribution in [2.24, 2.45) is 5.92 Å². The van der Waals surface area contributed by atoms with Gasteiger partial charge in [0.15, 0.2) is 0 Å². The normalized spacial score (nSPS) is 26.2. The SMILES string of the molecule is CCN(CC(=O)O)C1CC(NC(=O)C2CC(=O)N(CCN(C)C)C2)C1. The lowest BCUT2D eigenvalue weighted by Crippen LogP contribution is -2.55. The van der Waals surface area contributed by atoms with Crippen molar-refractivity contribution < 1.29 is 19.5 Å². The second kappa shape index (κ2) is 8.62. The van der Waals surface area contributed by atoms with E-state index in [1.807, 2.05) is 30.8 Å². The predicted octanol–water partition coefficient (Wildman–Crippen LogP) is -0.550. The summed E-state index contributed by atoms with van der Waals surface area (Å²) in [7, 11) is 3.92. The number of carbonyl (C=O) groups is 3. The summed E-state index contributed by atoms with van der Waals surface area (Å²) in [5.41, 5.74) is 0. The number of nitrogens with zero attached hydrogens (tertiary/aromatic N) is 3. The van der Waals surface area contributed by atoms with Gasteiger partial charge in [-0.15, -0.1) is 0 Å². The zero-order chi connectivity index (χ0) is 18.6. The van der Waals surface area contributed by atoms with Gasteiger partial charge in [-0.25, -0.2) is 0 Å². The number of carbonyl (C=O) groups excluding carboxylic acids is 2. The zero-order valence-corrected chi connectivity index (χ0v) is 15.4. The summed E-state index contributed by atoms with van der Waals surface area (Å²) in [4.78, 5) is 41.0. The van der Waals surface area contributed by atoms with Gasteiger partial charge in [-0.05, 0) is 33.5 Å². The Morgan fingerprint density at radius 3 is 2.56 bits per heavy atom. The van der Waals surface area contributed by atoms with Gasteiger partial charge in [-0.3, -0.25) is 19.3 Å². The fraction of sp³-hybridized carbons (Fsp3) is 0.824. The molecule has 2 amide bonds. The van der Waals surface area contributed by atoms with E-state index in [-0.39, 0.29) is 42.8 Å². The van der Waals surface area contributed by atoms with Crippen molar-refractivity contribution in [3.05, 3.63) is 0 Å². The Kier molecular flexibility index (Phi) is 6.78. The van der Waals surface area contributed by atoms with E-state index in [2.05, 4.69) is 5.32 Å². The molecule has 142 valence electrons. The highest BCUT2D eigenvalue weighted by molar-refractivity contribution is 5.89. The van der Waals surface area contributed by atoms with Crippen LogP contribution in [0.25, 0.3) is 0 Å². The average molecular weight is 354 g/mol. The number of carboxylic acid groups (broad SMARTS) is 1. The molecule has 1 saturated carbocycles. The average Bonchev–Trinajstić information content (AvgIpc) is 2.87. The fourth-order valence-corrected chi connectivity index (χ4v) is 3.48. The number of hydrogen-bond acceptors (Lipinski definition) is 5. The predicted molar refractivity (Wildman–Crippen MR) is 93.1 cm³/mol. The minimum absolute atomic E-state index is 0.0415. The van der Waals surface area contributed by atoms with E-state index < -0.39 is 5.97 Å². The number of likely N-dealkylation sites (N-methyl/N-ethyl adjacent to an activating group) is 2. The van der Waals surface area contributed by atoms with Crippen molar-refractivity contribution in [2.75, 3.05) is 46.8 Å². The number of nitrogens with one attached hydrogen (secondary N) is 1. The van der Waals surface area contributed by atoms with Crippen LogP contribution < -0.4 is 5.32 Å². The minimum Gasteiger partial charge on any atom is -0.480 e. The summed E-state index contributed by atoms with van der Waals surface area (Å²) < 4.78 is 0. The molecule has 0 aromatic carbocycles. The Morgan fingerprint density at radius 2 is 2.00 bits per heavy atom. The molecule has 0 radical (unpaired) electrons. The molecule has 1 aliphatic carbocycles. The molecule has 25 heavy (non-hydrogen) atoms. The fourth-order valence-electron chi connectivity index (χ4n) is 3.48. The van der Waals surface area contributed by atoms with E-state index in [9.17, 15) is 14.4 Å². The molecule has 1 aliphatic heterocycles. The van der Waals surface area contributed by atoms with Gasteiger partial charge < -0.3 is 20.2 Å². The third-order valence-electron chi connectivity index (χ3n) is 5.12. The van der Waals surface area contributed by atoms with E-state index in [1.165, 1.54) is 0 Å². The van der Waals surface area contributed by atoms with Crippen molar-refractivity contribution in [3.63, 3.8) is 0 Å². The number of amides is 2. The Bertz CT molecular complexity index is 505. The first-order valence-corrected chi connectivity index (χ1v) is 8.98. The van der Waals surface area contributed by atoms with Crippen molar-refractivity contribution in [3.8, 4) is 0 Å². The highest BCUT2D eigenvalue weighted by atomic mass is 16.4. The summed E-state index contributed by atoms with van der Waals surface area (Å²) in [6, 6.07) is 0.305. The third kappa shape index (κ3) is 5.40. The molecule has 1 heterocycles. The molecule has 1 unspecified atom stereocenters. The lowest BCUT2D eigenvalue weighted by Gasteiger charge is -2.42. The van der Waals surface area contributed by atoms with Crippen molar-refractivity contribution in [1.29, 1.82) is 0 Å². The number of likely N-dealkylation sites (tertiary alicyclic amines) is 1. The highest BCUT2D eigenvalue weighted by Gasteiger charge is 2.38. The molecule has 1 saturated heterocycles. The molecule has 2 rings (SSSR count). The van der Waals surface area contributed by atoms with Crippen LogP contribution >= 0.6 is 0 Å². The lowest BCUT2D eigenvalue weighted by atomic mass is 9.85. The van der Waals surface area contributed by atoms with Gasteiger partial charge in [0.2, 0.25) is 11.8 Å². The molecule has 0 bridgehead atoms. The van der Waals surface area contributed by atoms with E-state index in [4.69, 9.17) is 5.11 Å². The van der Waals surface area contributed by atoms with Gasteiger partial charge in [0.25, 0.3) is 0 Å². The summed E-state index contributed by atoms with van der Waals surface area (Å²) >= 11 is 0. The summed E-state index contributed by atoms with van der Waals surface area (Å²) in [6.45, 7) is 4.62. The molecule has 2 fully saturated rings. The second-order valence-electron chi connectivity index (χ2n) is 7.33. The van der Waals surface area contributed by atoms with E-state index in [1.54, 1.807) is 4.90 Å². The van der Waals surface area contributed by atoms with Crippen LogP contribution in [0.1, 0.15) is 26.2 Å². The van der Waals surface area contributed by atoms with Crippen LogP contribution in [0.4, 0.5) is 0 Å². The van der Waals surface area contributed by atoms with E-state index in [0.717, 1.165) is 19.4 Å². The highest BCUT2D eigenvalue weighted by Crippen LogP contribution is 2.27. The Balaban J connectivity index is 1.73. The molecular weight excluding hydrogens is 324 g/mol. The molecule has 2 N–H and O–H groups in total. The van der Waals surface area contributed by atoms with E-state index >= 15 is 0 Å². The summed E-state index contributed by atoms with van der Waals surface area (Å²) in [5, 5.41) is 11.9. The first kappa shape index (κ1) is 19.7. The maximum Gasteiger partial charge on any atom is 0.317 e. The summed E-state index contributed by atoms with van der Waals surface area (Å²) in [6.07, 6.45) is 1.84. The van der Waals surface area contributed by atoms with Gasteiger partial charge in [0.05, 0.1) is 12.5 Å². The van der Waals surface area contributed by atoms with Crippen LogP contribution in [-0.4, -0.2) is 96.5 Å². The Hall–Kier alpha value is -1.67. The smallest absolute Gasteiger partial charge is 0.317 e. The maximum absolute atomic E-state index is 12.4. The van der Waals surface area contributed by atoms with Crippen LogP contribution in [0.2, 0.25) is 0 Å². The molecule has 8 nitrogen and oxygen atoms in total. The molecule has 8 heteroatoms. The quantitative estimate of drug-likeness (QED) is 0.577. The first-order chi connectivity index (χ1) is 11.8. The standard InChI is InChI=1S/C17H30N4O4/c1-4-20(11-16(23)24)14-8-13(9-14)18-17(25)12-7-15(22)21(10-12)6-5-19(2)3/h12-14H,4-11H2,1-3H3,(H,18,25)(H,23,24).